The van der Waals surface area contributed by atoms with Crippen molar-refractivity contribution in [1.82, 2.24) is 14.6 Å². The smallest absolute Gasteiger partial charge is 0.406 e. The predicted octanol–water partition coefficient (Wildman–Crippen LogP) is 5.65. The number of hydrogen-bond donors (Lipinski definition) is 0. The Hall–Kier alpha value is -2.52. The summed E-state index contributed by atoms with van der Waals surface area (Å²) in [5.41, 5.74) is 2.94. The minimum absolute atomic E-state index is 0.231. The highest BCUT2D eigenvalue weighted by Crippen LogP contribution is 2.31. The van der Waals surface area contributed by atoms with Crippen LogP contribution in [0.3, 0.4) is 0 Å². The molecule has 2 heterocycles. The van der Waals surface area contributed by atoms with Crippen LogP contribution in [0.4, 0.5) is 13.2 Å². The van der Waals surface area contributed by atoms with E-state index < -0.39 is 6.36 Å². The SMILES string of the molecule is FC(F)(F)Oc1ccc(CSc2nnc3scc(-c4ccccc4)n23)cc1. The molecule has 0 aliphatic heterocycles. The fourth-order valence-corrected chi connectivity index (χ4v) is 4.33. The number of thioether (sulfide) groups is 1. The first-order chi connectivity index (χ1) is 13.0. The summed E-state index contributed by atoms with van der Waals surface area (Å²) in [6.07, 6.45) is -4.68. The number of benzene rings is 2. The van der Waals surface area contributed by atoms with Crippen molar-refractivity contribution >= 4 is 28.1 Å². The summed E-state index contributed by atoms with van der Waals surface area (Å²) in [6, 6.07) is 15.8. The van der Waals surface area contributed by atoms with Crippen molar-refractivity contribution in [2.45, 2.75) is 17.3 Å². The van der Waals surface area contributed by atoms with Crippen molar-refractivity contribution in [3.63, 3.8) is 0 Å². The third-order valence-corrected chi connectivity index (χ3v) is 5.53. The van der Waals surface area contributed by atoms with Gasteiger partial charge in [0.05, 0.1) is 5.69 Å². The number of rotatable bonds is 5. The number of hydrogen-bond acceptors (Lipinski definition) is 5. The lowest BCUT2D eigenvalue weighted by molar-refractivity contribution is -0.274. The molecule has 27 heavy (non-hydrogen) atoms. The van der Waals surface area contributed by atoms with Crippen LogP contribution < -0.4 is 4.74 Å². The Kier molecular flexibility index (Phi) is 4.79. The first kappa shape index (κ1) is 17.9. The minimum Gasteiger partial charge on any atom is -0.406 e. The van der Waals surface area contributed by atoms with Crippen LogP contribution >= 0.6 is 23.1 Å². The van der Waals surface area contributed by atoms with Crippen LogP contribution in [0.5, 0.6) is 5.75 Å². The summed E-state index contributed by atoms with van der Waals surface area (Å²) in [6.45, 7) is 0. The molecule has 4 rings (SSSR count). The van der Waals surface area contributed by atoms with E-state index in [4.69, 9.17) is 0 Å². The summed E-state index contributed by atoms with van der Waals surface area (Å²) in [5.74, 6) is 0.322. The molecule has 0 fully saturated rings. The molecule has 0 bridgehead atoms. The van der Waals surface area contributed by atoms with Crippen LogP contribution in [-0.2, 0) is 5.75 Å². The van der Waals surface area contributed by atoms with Gasteiger partial charge in [-0.15, -0.1) is 34.7 Å². The zero-order valence-corrected chi connectivity index (χ0v) is 15.3. The Bertz CT molecular complexity index is 1040. The molecule has 4 nitrogen and oxygen atoms in total. The monoisotopic (exact) mass is 407 g/mol. The molecule has 9 heteroatoms. The molecule has 0 saturated heterocycles. The third-order valence-electron chi connectivity index (χ3n) is 3.71. The van der Waals surface area contributed by atoms with E-state index in [-0.39, 0.29) is 5.75 Å². The molecule has 0 N–H and O–H groups in total. The van der Waals surface area contributed by atoms with Gasteiger partial charge in [-0.05, 0) is 23.3 Å². The summed E-state index contributed by atoms with van der Waals surface area (Å²) >= 11 is 2.99. The minimum atomic E-state index is -4.68. The van der Waals surface area contributed by atoms with Crippen LogP contribution in [-0.4, -0.2) is 21.0 Å². The molecule has 0 atom stereocenters. The highest BCUT2D eigenvalue weighted by molar-refractivity contribution is 7.98. The van der Waals surface area contributed by atoms with Gasteiger partial charge in [-0.2, -0.15) is 0 Å². The molecule has 0 aliphatic rings. The maximum Gasteiger partial charge on any atom is 0.573 e. The Morgan fingerprint density at radius 2 is 1.74 bits per heavy atom. The van der Waals surface area contributed by atoms with Gasteiger partial charge < -0.3 is 4.74 Å². The Morgan fingerprint density at radius 3 is 2.44 bits per heavy atom. The van der Waals surface area contributed by atoms with Crippen LogP contribution in [0.2, 0.25) is 0 Å². The number of fused-ring (bicyclic) bond motifs is 1. The van der Waals surface area contributed by atoms with E-state index in [2.05, 4.69) is 14.9 Å². The van der Waals surface area contributed by atoms with E-state index in [0.29, 0.717) is 5.75 Å². The van der Waals surface area contributed by atoms with Gasteiger partial charge in [0.1, 0.15) is 5.75 Å². The van der Waals surface area contributed by atoms with Crippen LogP contribution in [0.1, 0.15) is 5.56 Å². The van der Waals surface area contributed by atoms with E-state index in [0.717, 1.165) is 26.9 Å². The van der Waals surface area contributed by atoms with Crippen molar-refractivity contribution in [3.05, 3.63) is 65.5 Å². The molecule has 0 spiro atoms. The Labute approximate surface area is 160 Å². The van der Waals surface area contributed by atoms with E-state index in [1.165, 1.54) is 35.2 Å². The lowest BCUT2D eigenvalue weighted by Gasteiger charge is -2.09. The number of aromatic nitrogens is 3. The second-order valence-electron chi connectivity index (χ2n) is 5.57. The lowest BCUT2D eigenvalue weighted by Crippen LogP contribution is -2.16. The normalized spacial score (nSPS) is 11.8. The zero-order valence-electron chi connectivity index (χ0n) is 13.7. The van der Waals surface area contributed by atoms with Crippen LogP contribution in [0.15, 0.2) is 65.1 Å². The van der Waals surface area contributed by atoms with Gasteiger partial charge in [-0.25, -0.2) is 0 Å². The molecule has 0 radical (unpaired) electrons. The van der Waals surface area contributed by atoms with Crippen molar-refractivity contribution in [2.24, 2.45) is 0 Å². The Balaban J connectivity index is 1.52. The molecule has 0 saturated carbocycles. The molecule has 0 unspecified atom stereocenters. The lowest BCUT2D eigenvalue weighted by atomic mass is 10.2. The number of alkyl halides is 3. The summed E-state index contributed by atoms with van der Waals surface area (Å²) in [4.78, 5) is 0.797. The standard InChI is InChI=1S/C18H12F3N3OS2/c19-18(20,21)25-14-8-6-12(7-9-14)10-26-16-22-23-17-24(16)15(11-27-17)13-4-2-1-3-5-13/h1-9,11H,10H2. The highest BCUT2D eigenvalue weighted by Gasteiger charge is 2.30. The summed E-state index contributed by atoms with van der Waals surface area (Å²) in [5, 5.41) is 11.2. The maximum atomic E-state index is 12.2. The quantitative estimate of drug-likeness (QED) is 0.401. The largest absolute Gasteiger partial charge is 0.573 e. The van der Waals surface area contributed by atoms with Crippen molar-refractivity contribution < 1.29 is 17.9 Å². The maximum absolute atomic E-state index is 12.2. The topological polar surface area (TPSA) is 39.4 Å². The number of ether oxygens (including phenoxy) is 1. The Morgan fingerprint density at radius 1 is 1.00 bits per heavy atom. The predicted molar refractivity (Wildman–Crippen MR) is 99.0 cm³/mol. The fourth-order valence-electron chi connectivity index (χ4n) is 2.54. The average molecular weight is 407 g/mol. The second-order valence-corrected chi connectivity index (χ2v) is 7.35. The average Bonchev–Trinajstić information content (AvgIpc) is 3.23. The van der Waals surface area contributed by atoms with E-state index >= 15 is 0 Å². The molecule has 2 aromatic carbocycles. The second kappa shape index (κ2) is 7.24. The molecule has 0 amide bonds. The molecule has 138 valence electrons. The fraction of sp³-hybridized carbons (Fsp3) is 0.111. The van der Waals surface area contributed by atoms with Gasteiger partial charge in [0, 0.05) is 11.1 Å². The van der Waals surface area contributed by atoms with Crippen LogP contribution in [0.25, 0.3) is 16.2 Å². The van der Waals surface area contributed by atoms with Gasteiger partial charge in [0.25, 0.3) is 0 Å². The first-order valence-corrected chi connectivity index (χ1v) is 9.72. The number of nitrogens with zero attached hydrogens (tertiary/aromatic N) is 3. The van der Waals surface area contributed by atoms with Gasteiger partial charge >= 0.3 is 6.36 Å². The van der Waals surface area contributed by atoms with Gasteiger partial charge in [-0.3, -0.25) is 4.40 Å². The number of thiazole rings is 1. The summed E-state index contributed by atoms with van der Waals surface area (Å²) in [7, 11) is 0. The molecule has 2 aromatic heterocycles. The molecular formula is C18H12F3N3OS2. The zero-order chi connectivity index (χ0) is 18.9. The summed E-state index contributed by atoms with van der Waals surface area (Å²) < 4.78 is 42.6. The van der Waals surface area contributed by atoms with Crippen molar-refractivity contribution in [1.29, 1.82) is 0 Å². The van der Waals surface area contributed by atoms with Crippen molar-refractivity contribution in [2.75, 3.05) is 0 Å². The first-order valence-electron chi connectivity index (χ1n) is 7.85. The highest BCUT2D eigenvalue weighted by atomic mass is 32.2. The van der Waals surface area contributed by atoms with E-state index in [9.17, 15) is 13.2 Å². The molecular weight excluding hydrogens is 395 g/mol. The van der Waals surface area contributed by atoms with E-state index in [1.807, 2.05) is 40.1 Å². The molecule has 0 aliphatic carbocycles. The van der Waals surface area contributed by atoms with Gasteiger partial charge in [0.15, 0.2) is 5.16 Å². The van der Waals surface area contributed by atoms with Gasteiger partial charge in [0.2, 0.25) is 4.96 Å². The van der Waals surface area contributed by atoms with E-state index in [1.54, 1.807) is 12.1 Å². The van der Waals surface area contributed by atoms with Crippen LogP contribution in [0, 0.1) is 0 Å². The van der Waals surface area contributed by atoms with Crippen molar-refractivity contribution in [3.8, 4) is 17.0 Å². The number of halogens is 3. The third kappa shape index (κ3) is 4.09. The molecule has 4 aromatic rings. The van der Waals surface area contributed by atoms with Gasteiger partial charge in [-0.1, -0.05) is 54.2 Å².